The van der Waals surface area contributed by atoms with Gasteiger partial charge in [-0.1, -0.05) is 17.7 Å². The van der Waals surface area contributed by atoms with Gasteiger partial charge < -0.3 is 24.6 Å². The highest BCUT2D eigenvalue weighted by Gasteiger charge is 2.22. The molecule has 2 amide bonds. The Morgan fingerprint density at radius 2 is 1.79 bits per heavy atom. The van der Waals surface area contributed by atoms with E-state index in [9.17, 15) is 9.59 Å². The van der Waals surface area contributed by atoms with Crippen LogP contribution in [0.25, 0.3) is 0 Å². The molecule has 28 heavy (non-hydrogen) atoms. The van der Waals surface area contributed by atoms with Gasteiger partial charge in [0.2, 0.25) is 12.7 Å². The number of hydrogen-bond acceptors (Lipinski definition) is 5. The summed E-state index contributed by atoms with van der Waals surface area (Å²) >= 11 is 6.05. The molecule has 2 aromatic rings. The molecule has 2 aliphatic heterocycles. The van der Waals surface area contributed by atoms with Crippen molar-refractivity contribution in [2.24, 2.45) is 0 Å². The van der Waals surface area contributed by atoms with Crippen molar-refractivity contribution in [3.8, 4) is 11.5 Å². The number of hydrogen-bond donors (Lipinski definition) is 1. The van der Waals surface area contributed by atoms with Crippen LogP contribution in [0, 0.1) is 0 Å². The number of anilines is 1. The molecule has 2 aromatic carbocycles. The third-order valence-corrected chi connectivity index (χ3v) is 5.08. The molecule has 1 N–H and O–H groups in total. The number of piperazine rings is 1. The predicted octanol–water partition coefficient (Wildman–Crippen LogP) is 2.15. The Hall–Kier alpha value is -2.93. The standard InChI is InChI=1S/C20H20ClN3O4/c21-15-2-1-3-16(11-15)23-6-8-24(9-7-23)19(25)12-22-20(26)14-4-5-17-18(10-14)28-13-27-17/h1-5,10-11H,6-9,12-13H2,(H,22,26). The largest absolute Gasteiger partial charge is 0.454 e. The molecule has 0 saturated carbocycles. The van der Waals surface area contributed by atoms with E-state index in [2.05, 4.69) is 10.2 Å². The first-order valence-corrected chi connectivity index (χ1v) is 9.44. The monoisotopic (exact) mass is 401 g/mol. The molecule has 0 atom stereocenters. The van der Waals surface area contributed by atoms with Gasteiger partial charge in [0.15, 0.2) is 11.5 Å². The fourth-order valence-electron chi connectivity index (χ4n) is 3.29. The zero-order valence-electron chi connectivity index (χ0n) is 15.2. The SMILES string of the molecule is O=C(NCC(=O)N1CCN(c2cccc(Cl)c2)CC1)c1ccc2c(c1)OCO2. The maximum absolute atomic E-state index is 12.4. The first kappa shape index (κ1) is 18.4. The van der Waals surface area contributed by atoms with Gasteiger partial charge in [-0.25, -0.2) is 0 Å². The number of carbonyl (C=O) groups is 2. The molecule has 8 heteroatoms. The quantitative estimate of drug-likeness (QED) is 0.850. The fourth-order valence-corrected chi connectivity index (χ4v) is 3.48. The van der Waals surface area contributed by atoms with Crippen molar-refractivity contribution in [2.75, 3.05) is 44.4 Å². The molecule has 0 radical (unpaired) electrons. The van der Waals surface area contributed by atoms with E-state index < -0.39 is 0 Å². The van der Waals surface area contributed by atoms with Crippen molar-refractivity contribution >= 4 is 29.1 Å². The maximum atomic E-state index is 12.4. The van der Waals surface area contributed by atoms with E-state index in [1.165, 1.54) is 0 Å². The summed E-state index contributed by atoms with van der Waals surface area (Å²) in [6.07, 6.45) is 0. The first-order chi connectivity index (χ1) is 13.6. The second-order valence-electron chi connectivity index (χ2n) is 6.60. The summed E-state index contributed by atoms with van der Waals surface area (Å²) in [5.41, 5.74) is 1.48. The number of amides is 2. The summed E-state index contributed by atoms with van der Waals surface area (Å²) < 4.78 is 10.5. The summed E-state index contributed by atoms with van der Waals surface area (Å²) in [5.74, 6) is 0.741. The van der Waals surface area contributed by atoms with Gasteiger partial charge >= 0.3 is 0 Å². The van der Waals surface area contributed by atoms with Crippen LogP contribution in [-0.2, 0) is 4.79 Å². The van der Waals surface area contributed by atoms with Crippen LogP contribution < -0.4 is 19.7 Å². The van der Waals surface area contributed by atoms with Crippen LogP contribution in [0.5, 0.6) is 11.5 Å². The van der Waals surface area contributed by atoms with Crippen LogP contribution in [0.1, 0.15) is 10.4 Å². The van der Waals surface area contributed by atoms with E-state index in [-0.39, 0.29) is 25.2 Å². The molecule has 0 aromatic heterocycles. The molecular formula is C20H20ClN3O4. The van der Waals surface area contributed by atoms with Gasteiger partial charge in [-0.05, 0) is 36.4 Å². The van der Waals surface area contributed by atoms with Crippen LogP contribution in [-0.4, -0.2) is 56.2 Å². The summed E-state index contributed by atoms with van der Waals surface area (Å²) in [7, 11) is 0. The highest BCUT2D eigenvalue weighted by molar-refractivity contribution is 6.30. The van der Waals surface area contributed by atoms with E-state index in [1.807, 2.05) is 24.3 Å². The molecule has 4 rings (SSSR count). The van der Waals surface area contributed by atoms with Gasteiger partial charge in [0.25, 0.3) is 5.91 Å². The number of nitrogens with zero attached hydrogens (tertiary/aromatic N) is 2. The lowest BCUT2D eigenvalue weighted by atomic mass is 10.2. The number of ether oxygens (including phenoxy) is 2. The van der Waals surface area contributed by atoms with Crippen LogP contribution in [0.15, 0.2) is 42.5 Å². The minimum Gasteiger partial charge on any atom is -0.454 e. The second-order valence-corrected chi connectivity index (χ2v) is 7.03. The van der Waals surface area contributed by atoms with Crippen LogP contribution >= 0.6 is 11.6 Å². The molecule has 1 fully saturated rings. The number of carbonyl (C=O) groups excluding carboxylic acids is 2. The number of rotatable bonds is 4. The van der Waals surface area contributed by atoms with Gasteiger partial charge in [-0.3, -0.25) is 9.59 Å². The molecule has 146 valence electrons. The normalized spacial score (nSPS) is 15.5. The van der Waals surface area contributed by atoms with Crippen molar-refractivity contribution < 1.29 is 19.1 Å². The Morgan fingerprint density at radius 1 is 1.00 bits per heavy atom. The number of fused-ring (bicyclic) bond motifs is 1. The Morgan fingerprint density at radius 3 is 2.57 bits per heavy atom. The van der Waals surface area contributed by atoms with Crippen molar-refractivity contribution in [3.05, 3.63) is 53.1 Å². The average molecular weight is 402 g/mol. The van der Waals surface area contributed by atoms with E-state index in [0.29, 0.717) is 35.2 Å². The maximum Gasteiger partial charge on any atom is 0.251 e. The average Bonchev–Trinajstić information content (AvgIpc) is 3.20. The van der Waals surface area contributed by atoms with E-state index in [0.717, 1.165) is 18.8 Å². The summed E-state index contributed by atoms with van der Waals surface area (Å²) in [6, 6.07) is 12.6. The highest BCUT2D eigenvalue weighted by atomic mass is 35.5. The zero-order valence-corrected chi connectivity index (χ0v) is 15.9. The first-order valence-electron chi connectivity index (χ1n) is 9.06. The number of halogens is 1. The Balaban J connectivity index is 1.27. The van der Waals surface area contributed by atoms with Gasteiger partial charge in [-0.15, -0.1) is 0 Å². The summed E-state index contributed by atoms with van der Waals surface area (Å²) in [4.78, 5) is 28.7. The Bertz CT molecular complexity index is 897. The third kappa shape index (κ3) is 3.99. The molecule has 2 heterocycles. The van der Waals surface area contributed by atoms with E-state index in [1.54, 1.807) is 23.1 Å². The van der Waals surface area contributed by atoms with Crippen molar-refractivity contribution in [1.29, 1.82) is 0 Å². The van der Waals surface area contributed by atoms with E-state index >= 15 is 0 Å². The molecule has 0 aliphatic carbocycles. The minimum atomic E-state index is -0.316. The predicted molar refractivity (Wildman–Crippen MR) is 105 cm³/mol. The molecule has 1 saturated heterocycles. The van der Waals surface area contributed by atoms with Crippen LogP contribution in [0.4, 0.5) is 5.69 Å². The van der Waals surface area contributed by atoms with E-state index in [4.69, 9.17) is 21.1 Å². The summed E-state index contributed by atoms with van der Waals surface area (Å²) in [6.45, 7) is 2.77. The van der Waals surface area contributed by atoms with Crippen LogP contribution in [0.3, 0.4) is 0 Å². The fraction of sp³-hybridized carbons (Fsp3) is 0.300. The molecule has 0 spiro atoms. The smallest absolute Gasteiger partial charge is 0.251 e. The Kier molecular flexibility index (Phi) is 5.25. The Labute approximate surface area is 167 Å². The molecule has 0 bridgehead atoms. The summed E-state index contributed by atoms with van der Waals surface area (Å²) in [5, 5.41) is 3.38. The molecule has 0 unspecified atom stereocenters. The zero-order chi connectivity index (χ0) is 19.5. The molecular weight excluding hydrogens is 382 g/mol. The number of nitrogens with one attached hydrogen (secondary N) is 1. The number of benzene rings is 2. The molecule has 7 nitrogen and oxygen atoms in total. The minimum absolute atomic E-state index is 0.0373. The van der Waals surface area contributed by atoms with Gasteiger partial charge in [-0.2, -0.15) is 0 Å². The van der Waals surface area contributed by atoms with Crippen molar-refractivity contribution in [3.63, 3.8) is 0 Å². The lowest BCUT2D eigenvalue weighted by Gasteiger charge is -2.36. The lowest BCUT2D eigenvalue weighted by molar-refractivity contribution is -0.130. The van der Waals surface area contributed by atoms with Crippen molar-refractivity contribution in [1.82, 2.24) is 10.2 Å². The van der Waals surface area contributed by atoms with Gasteiger partial charge in [0.1, 0.15) is 0 Å². The second kappa shape index (κ2) is 7.98. The van der Waals surface area contributed by atoms with Gasteiger partial charge in [0.05, 0.1) is 6.54 Å². The third-order valence-electron chi connectivity index (χ3n) is 4.84. The topological polar surface area (TPSA) is 71.1 Å². The van der Waals surface area contributed by atoms with Gasteiger partial charge in [0, 0.05) is 42.5 Å². The van der Waals surface area contributed by atoms with Crippen molar-refractivity contribution in [2.45, 2.75) is 0 Å². The highest BCUT2D eigenvalue weighted by Crippen LogP contribution is 2.32. The van der Waals surface area contributed by atoms with Crippen LogP contribution in [0.2, 0.25) is 5.02 Å². The lowest BCUT2D eigenvalue weighted by Crippen LogP contribution is -2.51. The molecule has 2 aliphatic rings.